The number of aliphatic hydroxyl groups is 1. The normalized spacial score (nSPS) is 15.0. The van der Waals surface area contributed by atoms with Gasteiger partial charge in [-0.1, -0.05) is 0 Å². The van der Waals surface area contributed by atoms with Crippen LogP contribution in [0, 0.1) is 19.7 Å². The molecule has 0 radical (unpaired) electrons. The number of halogens is 1. The third-order valence-corrected chi connectivity index (χ3v) is 4.94. The van der Waals surface area contributed by atoms with E-state index in [1.807, 2.05) is 0 Å². The Morgan fingerprint density at radius 2 is 2.00 bits per heavy atom. The van der Waals surface area contributed by atoms with Gasteiger partial charge in [0.2, 0.25) is 0 Å². The van der Waals surface area contributed by atoms with E-state index in [2.05, 4.69) is 15.6 Å². The van der Waals surface area contributed by atoms with Crippen molar-refractivity contribution in [2.24, 2.45) is 0 Å². The molecule has 1 aliphatic heterocycles. The average Bonchev–Trinajstić information content (AvgIpc) is 3.14. The number of aromatic amines is 1. The lowest BCUT2D eigenvalue weighted by Gasteiger charge is -2.16. The summed E-state index contributed by atoms with van der Waals surface area (Å²) >= 11 is 0. The van der Waals surface area contributed by atoms with Gasteiger partial charge in [0, 0.05) is 36.7 Å². The van der Waals surface area contributed by atoms with E-state index >= 15 is 0 Å². The maximum Gasteiger partial charge on any atom is 0.256 e. The predicted octanol–water partition coefficient (Wildman–Crippen LogP) is 1.44. The standard InChI is InChI=1S/C21H23FN4O4/c1-10-16(8-14-13-7-12(22)5-6-15(13)25-19(14)28)24-11(2)18(10)20(29)23-9-17(27)21(30)26(3)4/h5-8,17,24,27H,9H2,1-4H3,(H,23,29)(H,25,28). The third kappa shape index (κ3) is 3.97. The Kier molecular flexibility index (Phi) is 5.75. The van der Waals surface area contributed by atoms with Crippen LogP contribution in [0.2, 0.25) is 0 Å². The maximum absolute atomic E-state index is 13.6. The molecule has 0 saturated heterocycles. The molecule has 3 rings (SSSR count). The Morgan fingerprint density at radius 3 is 2.67 bits per heavy atom. The van der Waals surface area contributed by atoms with E-state index in [4.69, 9.17) is 0 Å². The van der Waals surface area contributed by atoms with Gasteiger partial charge in [-0.2, -0.15) is 0 Å². The number of aliphatic hydroxyl groups excluding tert-OH is 1. The number of aromatic nitrogens is 1. The molecular weight excluding hydrogens is 391 g/mol. The first-order valence-corrected chi connectivity index (χ1v) is 9.29. The molecule has 0 bridgehead atoms. The molecule has 0 aliphatic carbocycles. The maximum atomic E-state index is 13.6. The van der Waals surface area contributed by atoms with Gasteiger partial charge in [-0.05, 0) is 43.7 Å². The van der Waals surface area contributed by atoms with Crippen LogP contribution in [0.1, 0.15) is 32.9 Å². The number of carbonyl (C=O) groups excluding carboxylic acids is 3. The Labute approximate surface area is 172 Å². The van der Waals surface area contributed by atoms with Gasteiger partial charge in [0.15, 0.2) is 0 Å². The van der Waals surface area contributed by atoms with Crippen molar-refractivity contribution in [3.8, 4) is 0 Å². The molecule has 8 nitrogen and oxygen atoms in total. The highest BCUT2D eigenvalue weighted by Crippen LogP contribution is 2.34. The number of carbonyl (C=O) groups is 3. The molecule has 4 N–H and O–H groups in total. The fraction of sp³-hybridized carbons (Fsp3) is 0.286. The number of nitrogens with zero attached hydrogens (tertiary/aromatic N) is 1. The summed E-state index contributed by atoms with van der Waals surface area (Å²) in [5.41, 5.74) is 3.28. The molecule has 1 aromatic heterocycles. The molecule has 1 aromatic carbocycles. The molecule has 3 amide bonds. The number of H-pyrrole nitrogens is 1. The van der Waals surface area contributed by atoms with Crippen LogP contribution >= 0.6 is 0 Å². The van der Waals surface area contributed by atoms with E-state index in [9.17, 15) is 23.9 Å². The number of amides is 3. The Morgan fingerprint density at radius 1 is 1.30 bits per heavy atom. The zero-order valence-electron chi connectivity index (χ0n) is 17.1. The van der Waals surface area contributed by atoms with Crippen molar-refractivity contribution < 1.29 is 23.9 Å². The summed E-state index contributed by atoms with van der Waals surface area (Å²) < 4.78 is 13.6. The SMILES string of the molecule is Cc1[nH]c(C=C2C(=O)Nc3ccc(F)cc32)c(C)c1C(=O)NCC(O)C(=O)N(C)C. The second-order valence-electron chi connectivity index (χ2n) is 7.32. The van der Waals surface area contributed by atoms with E-state index in [-0.39, 0.29) is 18.0 Å². The fourth-order valence-corrected chi connectivity index (χ4v) is 3.37. The largest absolute Gasteiger partial charge is 0.381 e. The first kappa shape index (κ1) is 21.3. The van der Waals surface area contributed by atoms with Gasteiger partial charge < -0.3 is 25.6 Å². The van der Waals surface area contributed by atoms with E-state index in [1.54, 1.807) is 19.9 Å². The lowest BCUT2D eigenvalue weighted by molar-refractivity contribution is -0.137. The lowest BCUT2D eigenvalue weighted by atomic mass is 10.0. The number of rotatable bonds is 5. The van der Waals surface area contributed by atoms with Gasteiger partial charge >= 0.3 is 0 Å². The van der Waals surface area contributed by atoms with Gasteiger partial charge in [-0.15, -0.1) is 0 Å². The van der Waals surface area contributed by atoms with E-state index in [0.29, 0.717) is 33.8 Å². The number of hydrogen-bond donors (Lipinski definition) is 4. The molecule has 9 heteroatoms. The molecule has 30 heavy (non-hydrogen) atoms. The highest BCUT2D eigenvalue weighted by molar-refractivity contribution is 6.34. The van der Waals surface area contributed by atoms with Crippen molar-refractivity contribution in [1.82, 2.24) is 15.2 Å². The quantitative estimate of drug-likeness (QED) is 0.554. The Hall–Kier alpha value is -3.46. The molecule has 1 aliphatic rings. The average molecular weight is 414 g/mol. The van der Waals surface area contributed by atoms with Crippen LogP contribution in [0.5, 0.6) is 0 Å². The monoisotopic (exact) mass is 414 g/mol. The van der Waals surface area contributed by atoms with Gasteiger partial charge in [0.1, 0.15) is 11.9 Å². The van der Waals surface area contributed by atoms with Gasteiger partial charge in [0.05, 0.1) is 17.7 Å². The predicted molar refractivity (Wildman–Crippen MR) is 110 cm³/mol. The number of fused-ring (bicyclic) bond motifs is 1. The van der Waals surface area contributed by atoms with Crippen LogP contribution in [-0.2, 0) is 9.59 Å². The summed E-state index contributed by atoms with van der Waals surface area (Å²) in [7, 11) is 3.02. The van der Waals surface area contributed by atoms with E-state index in [1.165, 1.54) is 37.2 Å². The van der Waals surface area contributed by atoms with Crippen LogP contribution in [0.25, 0.3) is 11.6 Å². The Bertz CT molecular complexity index is 1070. The van der Waals surface area contributed by atoms with Crippen molar-refractivity contribution in [2.45, 2.75) is 20.0 Å². The third-order valence-electron chi connectivity index (χ3n) is 4.94. The molecule has 1 unspecified atom stereocenters. The molecule has 0 spiro atoms. The van der Waals surface area contributed by atoms with E-state index in [0.717, 1.165) is 0 Å². The fourth-order valence-electron chi connectivity index (χ4n) is 3.37. The smallest absolute Gasteiger partial charge is 0.256 e. The van der Waals surface area contributed by atoms with Crippen LogP contribution < -0.4 is 10.6 Å². The topological polar surface area (TPSA) is 115 Å². The van der Waals surface area contributed by atoms with Crippen LogP contribution in [0.3, 0.4) is 0 Å². The summed E-state index contributed by atoms with van der Waals surface area (Å²) in [6, 6.07) is 4.04. The number of hydrogen-bond acceptors (Lipinski definition) is 4. The van der Waals surface area contributed by atoms with Crippen molar-refractivity contribution >= 4 is 35.1 Å². The molecule has 158 valence electrons. The van der Waals surface area contributed by atoms with Gasteiger partial charge in [-0.3, -0.25) is 14.4 Å². The van der Waals surface area contributed by atoms with Crippen LogP contribution in [0.15, 0.2) is 18.2 Å². The summed E-state index contributed by atoms with van der Waals surface area (Å²) in [6.45, 7) is 3.19. The molecule has 0 saturated carbocycles. The van der Waals surface area contributed by atoms with E-state index < -0.39 is 23.7 Å². The minimum Gasteiger partial charge on any atom is -0.381 e. The number of anilines is 1. The Balaban J connectivity index is 1.86. The number of likely N-dealkylation sites (N-methyl/N-ethyl adjacent to an activating group) is 1. The highest BCUT2D eigenvalue weighted by atomic mass is 19.1. The summed E-state index contributed by atoms with van der Waals surface area (Å²) in [5.74, 6) is -1.79. The lowest BCUT2D eigenvalue weighted by Crippen LogP contribution is -2.42. The first-order valence-electron chi connectivity index (χ1n) is 9.29. The minimum atomic E-state index is -1.35. The molecule has 2 heterocycles. The molecular formula is C21H23FN4O4. The second kappa shape index (κ2) is 8.11. The van der Waals surface area contributed by atoms with Gasteiger partial charge in [-0.25, -0.2) is 4.39 Å². The van der Waals surface area contributed by atoms with Crippen molar-refractivity contribution in [1.29, 1.82) is 0 Å². The summed E-state index contributed by atoms with van der Waals surface area (Å²) in [4.78, 5) is 41.0. The van der Waals surface area contributed by atoms with Crippen molar-refractivity contribution in [3.63, 3.8) is 0 Å². The minimum absolute atomic E-state index is 0.231. The summed E-state index contributed by atoms with van der Waals surface area (Å²) in [6.07, 6.45) is 0.225. The zero-order valence-corrected chi connectivity index (χ0v) is 17.1. The number of nitrogens with one attached hydrogen (secondary N) is 3. The van der Waals surface area contributed by atoms with Crippen LogP contribution in [0.4, 0.5) is 10.1 Å². The zero-order chi connectivity index (χ0) is 22.2. The first-order chi connectivity index (χ1) is 14.1. The van der Waals surface area contributed by atoms with Crippen LogP contribution in [-0.4, -0.2) is 59.5 Å². The molecule has 1 atom stereocenters. The number of benzene rings is 1. The highest BCUT2D eigenvalue weighted by Gasteiger charge is 2.26. The van der Waals surface area contributed by atoms with Gasteiger partial charge in [0.25, 0.3) is 17.7 Å². The summed E-state index contributed by atoms with van der Waals surface area (Å²) in [5, 5.41) is 15.1. The van der Waals surface area contributed by atoms with Crippen molar-refractivity contribution in [3.05, 3.63) is 52.1 Å². The number of aryl methyl sites for hydroxylation is 1. The molecule has 0 fully saturated rings. The second-order valence-corrected chi connectivity index (χ2v) is 7.32. The molecule has 2 aromatic rings. The van der Waals surface area contributed by atoms with Crippen molar-refractivity contribution in [2.75, 3.05) is 26.0 Å².